The SMILES string of the molecule is C/C=C/C(C)(O)C/C(=N\O)c1ccc(C)cc1. The molecule has 1 aromatic carbocycles. The van der Waals surface area contributed by atoms with Gasteiger partial charge in [-0.05, 0) is 26.3 Å². The first-order valence-electron chi connectivity index (χ1n) is 5.63. The van der Waals surface area contributed by atoms with Crippen molar-refractivity contribution in [2.24, 2.45) is 5.16 Å². The maximum absolute atomic E-state index is 10.1. The van der Waals surface area contributed by atoms with Crippen LogP contribution in [-0.2, 0) is 0 Å². The third-order valence-electron chi connectivity index (χ3n) is 2.56. The molecule has 0 aliphatic heterocycles. The second kappa shape index (κ2) is 5.64. The molecule has 1 aromatic rings. The highest BCUT2D eigenvalue weighted by molar-refractivity contribution is 6.00. The van der Waals surface area contributed by atoms with Crippen molar-refractivity contribution >= 4 is 5.71 Å². The van der Waals surface area contributed by atoms with Crippen molar-refractivity contribution in [2.75, 3.05) is 0 Å². The number of benzene rings is 1. The molecule has 0 saturated carbocycles. The third kappa shape index (κ3) is 4.04. The molecule has 3 nitrogen and oxygen atoms in total. The summed E-state index contributed by atoms with van der Waals surface area (Å²) >= 11 is 0. The second-order valence-electron chi connectivity index (χ2n) is 4.45. The van der Waals surface area contributed by atoms with Gasteiger partial charge in [-0.2, -0.15) is 0 Å². The summed E-state index contributed by atoms with van der Waals surface area (Å²) in [6, 6.07) is 7.67. The minimum Gasteiger partial charge on any atom is -0.411 e. The molecule has 1 unspecified atom stereocenters. The molecule has 0 saturated heterocycles. The van der Waals surface area contributed by atoms with E-state index in [9.17, 15) is 5.11 Å². The van der Waals surface area contributed by atoms with E-state index in [0.717, 1.165) is 11.1 Å². The standard InChI is InChI=1S/C14H19NO2/c1-4-9-14(3,16)10-13(15-17)12-7-5-11(2)6-8-12/h4-9,16-17H,10H2,1-3H3/b9-4+,15-13+. The lowest BCUT2D eigenvalue weighted by molar-refractivity contribution is 0.119. The van der Waals surface area contributed by atoms with Crippen molar-refractivity contribution in [3.63, 3.8) is 0 Å². The molecule has 0 heterocycles. The van der Waals surface area contributed by atoms with Crippen LogP contribution in [0.25, 0.3) is 0 Å². The van der Waals surface area contributed by atoms with Crippen molar-refractivity contribution in [2.45, 2.75) is 32.8 Å². The fourth-order valence-electron chi connectivity index (χ4n) is 1.70. The lowest BCUT2D eigenvalue weighted by Crippen LogP contribution is -2.25. The van der Waals surface area contributed by atoms with E-state index in [1.165, 1.54) is 0 Å². The Kier molecular flexibility index (Phi) is 4.46. The molecule has 0 spiro atoms. The number of hydrogen-bond acceptors (Lipinski definition) is 3. The van der Waals surface area contributed by atoms with Gasteiger partial charge in [-0.25, -0.2) is 0 Å². The van der Waals surface area contributed by atoms with Crippen molar-refractivity contribution in [1.82, 2.24) is 0 Å². The Bertz CT molecular complexity index is 416. The van der Waals surface area contributed by atoms with Gasteiger partial charge in [-0.15, -0.1) is 0 Å². The largest absolute Gasteiger partial charge is 0.411 e. The Hall–Kier alpha value is -1.61. The first-order chi connectivity index (χ1) is 7.98. The van der Waals surface area contributed by atoms with E-state index >= 15 is 0 Å². The fourth-order valence-corrected chi connectivity index (χ4v) is 1.70. The molecule has 92 valence electrons. The molecule has 0 aliphatic carbocycles. The lowest BCUT2D eigenvalue weighted by atomic mass is 9.94. The van der Waals surface area contributed by atoms with Crippen LogP contribution in [0.4, 0.5) is 0 Å². The third-order valence-corrected chi connectivity index (χ3v) is 2.56. The fraction of sp³-hybridized carbons (Fsp3) is 0.357. The van der Waals surface area contributed by atoms with E-state index in [-0.39, 0.29) is 6.42 Å². The van der Waals surface area contributed by atoms with E-state index in [0.29, 0.717) is 5.71 Å². The van der Waals surface area contributed by atoms with Gasteiger partial charge < -0.3 is 10.3 Å². The van der Waals surface area contributed by atoms with Gasteiger partial charge in [0.25, 0.3) is 0 Å². The van der Waals surface area contributed by atoms with Gasteiger partial charge in [0.1, 0.15) is 0 Å². The first kappa shape index (κ1) is 13.5. The van der Waals surface area contributed by atoms with Crippen LogP contribution in [0.2, 0.25) is 0 Å². The molecule has 0 bridgehead atoms. The van der Waals surface area contributed by atoms with Crippen molar-refractivity contribution in [1.29, 1.82) is 0 Å². The summed E-state index contributed by atoms with van der Waals surface area (Å²) in [4.78, 5) is 0. The molecule has 0 radical (unpaired) electrons. The molecule has 1 atom stereocenters. The minimum atomic E-state index is -0.999. The van der Waals surface area contributed by atoms with E-state index < -0.39 is 5.60 Å². The first-order valence-corrected chi connectivity index (χ1v) is 5.63. The Labute approximate surface area is 102 Å². The average Bonchev–Trinajstić information content (AvgIpc) is 2.27. The maximum atomic E-state index is 10.1. The highest BCUT2D eigenvalue weighted by Crippen LogP contribution is 2.17. The topological polar surface area (TPSA) is 52.8 Å². The quantitative estimate of drug-likeness (QED) is 0.363. The minimum absolute atomic E-state index is 0.275. The predicted octanol–water partition coefficient (Wildman–Crippen LogP) is 2.89. The van der Waals surface area contributed by atoms with Crippen LogP contribution in [0, 0.1) is 6.92 Å². The van der Waals surface area contributed by atoms with Gasteiger partial charge in [0.15, 0.2) is 0 Å². The number of aryl methyl sites for hydroxylation is 1. The summed E-state index contributed by atoms with van der Waals surface area (Å²) in [7, 11) is 0. The van der Waals surface area contributed by atoms with Crippen LogP contribution in [0.3, 0.4) is 0 Å². The Morgan fingerprint density at radius 1 is 1.35 bits per heavy atom. The van der Waals surface area contributed by atoms with Crippen molar-refractivity contribution < 1.29 is 10.3 Å². The lowest BCUT2D eigenvalue weighted by Gasteiger charge is -2.19. The Morgan fingerprint density at radius 3 is 2.41 bits per heavy atom. The zero-order valence-electron chi connectivity index (χ0n) is 10.5. The van der Waals surface area contributed by atoms with Crippen LogP contribution in [-0.4, -0.2) is 21.6 Å². The van der Waals surface area contributed by atoms with E-state index in [1.807, 2.05) is 38.1 Å². The molecule has 2 N–H and O–H groups in total. The summed E-state index contributed by atoms with van der Waals surface area (Å²) in [5.74, 6) is 0. The number of allylic oxidation sites excluding steroid dienone is 1. The highest BCUT2D eigenvalue weighted by Gasteiger charge is 2.20. The van der Waals surface area contributed by atoms with Crippen LogP contribution < -0.4 is 0 Å². The average molecular weight is 233 g/mol. The molecule has 0 fully saturated rings. The molecule has 0 amide bonds. The van der Waals surface area contributed by atoms with Gasteiger partial charge in [-0.1, -0.05) is 47.1 Å². The second-order valence-corrected chi connectivity index (χ2v) is 4.45. The van der Waals surface area contributed by atoms with Gasteiger partial charge in [0, 0.05) is 6.42 Å². The maximum Gasteiger partial charge on any atom is 0.0899 e. The van der Waals surface area contributed by atoms with Crippen LogP contribution in [0.15, 0.2) is 41.6 Å². The van der Waals surface area contributed by atoms with Crippen LogP contribution in [0.5, 0.6) is 0 Å². The number of aliphatic hydroxyl groups is 1. The van der Waals surface area contributed by atoms with Gasteiger partial charge >= 0.3 is 0 Å². The van der Waals surface area contributed by atoms with Crippen molar-refractivity contribution in [3.8, 4) is 0 Å². The van der Waals surface area contributed by atoms with Gasteiger partial charge in [0.2, 0.25) is 0 Å². The molecule has 1 rings (SSSR count). The number of rotatable bonds is 4. The monoisotopic (exact) mass is 233 g/mol. The number of hydrogen-bond donors (Lipinski definition) is 2. The Morgan fingerprint density at radius 2 is 1.94 bits per heavy atom. The van der Waals surface area contributed by atoms with Crippen LogP contribution in [0.1, 0.15) is 31.4 Å². The predicted molar refractivity (Wildman–Crippen MR) is 69.6 cm³/mol. The van der Waals surface area contributed by atoms with E-state index in [4.69, 9.17) is 5.21 Å². The number of oxime groups is 1. The summed E-state index contributed by atoms with van der Waals surface area (Å²) in [6.07, 6.45) is 3.74. The molecular weight excluding hydrogens is 214 g/mol. The molecule has 0 aromatic heterocycles. The summed E-state index contributed by atoms with van der Waals surface area (Å²) in [5, 5.41) is 22.4. The smallest absolute Gasteiger partial charge is 0.0899 e. The van der Waals surface area contributed by atoms with Gasteiger partial charge in [-0.3, -0.25) is 0 Å². The highest BCUT2D eigenvalue weighted by atomic mass is 16.4. The van der Waals surface area contributed by atoms with E-state index in [2.05, 4.69) is 5.16 Å². The van der Waals surface area contributed by atoms with E-state index in [1.54, 1.807) is 19.1 Å². The summed E-state index contributed by atoms with van der Waals surface area (Å²) < 4.78 is 0. The van der Waals surface area contributed by atoms with Gasteiger partial charge in [0.05, 0.1) is 11.3 Å². The summed E-state index contributed by atoms with van der Waals surface area (Å²) in [6.45, 7) is 5.53. The number of nitrogens with zero attached hydrogens (tertiary/aromatic N) is 1. The molecule has 0 aliphatic rings. The molecular formula is C14H19NO2. The zero-order valence-corrected chi connectivity index (χ0v) is 10.5. The summed E-state index contributed by atoms with van der Waals surface area (Å²) in [5.41, 5.74) is 1.45. The normalized spacial score (nSPS) is 16.1. The van der Waals surface area contributed by atoms with Crippen molar-refractivity contribution in [3.05, 3.63) is 47.5 Å². The zero-order chi connectivity index (χ0) is 12.9. The van der Waals surface area contributed by atoms with Crippen LogP contribution >= 0.6 is 0 Å². The molecule has 17 heavy (non-hydrogen) atoms. The Balaban J connectivity index is 2.91. The molecule has 3 heteroatoms.